The summed E-state index contributed by atoms with van der Waals surface area (Å²) < 4.78 is 32.9. The fourth-order valence-electron chi connectivity index (χ4n) is 3.46. The number of benzene rings is 2. The van der Waals surface area contributed by atoms with Gasteiger partial charge in [0.05, 0.1) is 12.2 Å². The van der Waals surface area contributed by atoms with Gasteiger partial charge in [-0.05, 0) is 47.5 Å². The first kappa shape index (κ1) is 25.3. The lowest BCUT2D eigenvalue weighted by molar-refractivity contribution is -0.137. The van der Waals surface area contributed by atoms with Gasteiger partial charge in [-0.25, -0.2) is 18.7 Å². The Morgan fingerprint density at radius 2 is 1.89 bits per heavy atom. The molecule has 10 heteroatoms. The second kappa shape index (κ2) is 11.3. The van der Waals surface area contributed by atoms with E-state index in [0.717, 1.165) is 22.6 Å². The Balaban J connectivity index is 1.40. The van der Waals surface area contributed by atoms with E-state index in [1.54, 1.807) is 41.4 Å². The first-order valence-corrected chi connectivity index (χ1v) is 12.0. The van der Waals surface area contributed by atoms with Gasteiger partial charge in [-0.1, -0.05) is 18.7 Å². The molecule has 36 heavy (non-hydrogen) atoms. The van der Waals surface area contributed by atoms with Gasteiger partial charge in [0, 0.05) is 32.6 Å². The van der Waals surface area contributed by atoms with E-state index in [0.29, 0.717) is 39.8 Å². The molecule has 0 unspecified atom stereocenters. The standard InChI is InChI=1S/C26H21F2N3O3S2/c1-16(31(12-26(32)33)11-19-6-7-29-15-30-19)18-8-21(36-14-18)13-34-20-4-2-17(3-5-20)22-9-23(27)24(28)10-25(22)35/h2-10,14-15,35H,1,11-13H2,(H,32,33). The lowest BCUT2D eigenvalue weighted by atomic mass is 10.1. The molecule has 0 spiro atoms. The number of nitrogens with zero attached hydrogens (tertiary/aromatic N) is 3. The van der Waals surface area contributed by atoms with Crippen molar-refractivity contribution in [3.8, 4) is 16.9 Å². The van der Waals surface area contributed by atoms with Crippen LogP contribution in [0, 0.1) is 11.6 Å². The van der Waals surface area contributed by atoms with Crippen molar-refractivity contribution in [3.05, 3.63) is 101 Å². The van der Waals surface area contributed by atoms with Gasteiger partial charge < -0.3 is 14.7 Å². The minimum Gasteiger partial charge on any atom is -0.488 e. The van der Waals surface area contributed by atoms with Crippen molar-refractivity contribution in [2.75, 3.05) is 6.54 Å². The first-order chi connectivity index (χ1) is 17.3. The Hall–Kier alpha value is -3.76. The molecule has 0 aliphatic heterocycles. The summed E-state index contributed by atoms with van der Waals surface area (Å²) in [7, 11) is 0. The summed E-state index contributed by atoms with van der Waals surface area (Å²) in [5, 5.41) is 11.2. The van der Waals surface area contributed by atoms with E-state index in [1.807, 2.05) is 11.4 Å². The molecule has 4 rings (SSSR count). The summed E-state index contributed by atoms with van der Waals surface area (Å²) in [5.41, 5.74) is 3.21. The maximum absolute atomic E-state index is 13.6. The van der Waals surface area contributed by atoms with Gasteiger partial charge in [0.2, 0.25) is 0 Å². The largest absolute Gasteiger partial charge is 0.488 e. The van der Waals surface area contributed by atoms with Crippen LogP contribution in [-0.4, -0.2) is 32.5 Å². The van der Waals surface area contributed by atoms with Gasteiger partial charge in [0.15, 0.2) is 11.6 Å². The highest BCUT2D eigenvalue weighted by Gasteiger charge is 2.16. The summed E-state index contributed by atoms with van der Waals surface area (Å²) in [6.07, 6.45) is 3.02. The number of ether oxygens (including phenoxy) is 1. The van der Waals surface area contributed by atoms with Crippen molar-refractivity contribution in [3.63, 3.8) is 0 Å². The molecule has 0 saturated carbocycles. The summed E-state index contributed by atoms with van der Waals surface area (Å²) >= 11 is 5.71. The predicted octanol–water partition coefficient (Wildman–Crippen LogP) is 5.91. The molecule has 0 bridgehead atoms. The Bertz CT molecular complexity index is 1380. The number of carboxylic acids is 1. The lowest BCUT2D eigenvalue weighted by Crippen LogP contribution is -2.28. The first-order valence-electron chi connectivity index (χ1n) is 10.7. The zero-order valence-corrected chi connectivity index (χ0v) is 20.6. The maximum Gasteiger partial charge on any atom is 0.323 e. The summed E-state index contributed by atoms with van der Waals surface area (Å²) in [5.74, 6) is -2.24. The third kappa shape index (κ3) is 6.27. The van der Waals surface area contributed by atoms with Crippen molar-refractivity contribution < 1.29 is 23.4 Å². The van der Waals surface area contributed by atoms with Crippen LogP contribution >= 0.6 is 24.0 Å². The van der Waals surface area contributed by atoms with Crippen LogP contribution in [0.3, 0.4) is 0 Å². The van der Waals surface area contributed by atoms with Gasteiger partial charge in [0.1, 0.15) is 25.2 Å². The lowest BCUT2D eigenvalue weighted by Gasteiger charge is -2.24. The number of aliphatic carboxylic acids is 1. The van der Waals surface area contributed by atoms with Gasteiger partial charge in [-0.2, -0.15) is 0 Å². The van der Waals surface area contributed by atoms with Gasteiger partial charge in [-0.3, -0.25) is 4.79 Å². The van der Waals surface area contributed by atoms with E-state index in [-0.39, 0.29) is 13.1 Å². The van der Waals surface area contributed by atoms with Crippen LogP contribution in [-0.2, 0) is 17.9 Å². The Labute approximate surface area is 215 Å². The Kier molecular flexibility index (Phi) is 7.97. The van der Waals surface area contributed by atoms with Crippen molar-refractivity contribution in [2.45, 2.75) is 18.0 Å². The Morgan fingerprint density at radius 3 is 2.58 bits per heavy atom. The van der Waals surface area contributed by atoms with Crippen LogP contribution in [0.4, 0.5) is 8.78 Å². The summed E-state index contributed by atoms with van der Waals surface area (Å²) in [4.78, 5) is 22.3. The second-order valence-electron chi connectivity index (χ2n) is 7.80. The fourth-order valence-corrected chi connectivity index (χ4v) is 4.57. The molecule has 184 valence electrons. The number of thiophene rings is 1. The van der Waals surface area contributed by atoms with E-state index >= 15 is 0 Å². The number of rotatable bonds is 10. The molecule has 1 N–H and O–H groups in total. The van der Waals surface area contributed by atoms with Crippen LogP contribution < -0.4 is 4.74 Å². The van der Waals surface area contributed by atoms with E-state index in [1.165, 1.54) is 17.7 Å². The second-order valence-corrected chi connectivity index (χ2v) is 9.27. The molecule has 6 nitrogen and oxygen atoms in total. The Morgan fingerprint density at radius 1 is 1.14 bits per heavy atom. The minimum atomic E-state index is -0.971. The number of thiol groups is 1. The normalized spacial score (nSPS) is 10.8. The van der Waals surface area contributed by atoms with Crippen LogP contribution in [0.25, 0.3) is 16.8 Å². The number of hydrogen-bond donors (Lipinski definition) is 2. The molecule has 0 aliphatic rings. The average molecular weight is 526 g/mol. The van der Waals surface area contributed by atoms with E-state index < -0.39 is 17.6 Å². The van der Waals surface area contributed by atoms with Crippen molar-refractivity contribution >= 4 is 35.6 Å². The van der Waals surface area contributed by atoms with Gasteiger partial charge >= 0.3 is 5.97 Å². The number of aromatic nitrogens is 2. The third-order valence-electron chi connectivity index (χ3n) is 5.28. The molecule has 4 aromatic rings. The molecule has 2 aromatic heterocycles. The van der Waals surface area contributed by atoms with E-state index in [2.05, 4.69) is 29.2 Å². The third-order valence-corrected chi connectivity index (χ3v) is 6.56. The van der Waals surface area contributed by atoms with Crippen molar-refractivity contribution in [1.29, 1.82) is 0 Å². The molecule has 0 saturated heterocycles. The van der Waals surface area contributed by atoms with Crippen LogP contribution in [0.5, 0.6) is 5.75 Å². The average Bonchev–Trinajstić information content (AvgIpc) is 3.34. The minimum absolute atomic E-state index is 0.219. The molecule has 0 radical (unpaired) electrons. The quantitative estimate of drug-likeness (QED) is 0.251. The molecular weight excluding hydrogens is 504 g/mol. The molecule has 0 aliphatic carbocycles. The van der Waals surface area contributed by atoms with E-state index in [4.69, 9.17) is 4.74 Å². The smallest absolute Gasteiger partial charge is 0.323 e. The highest BCUT2D eigenvalue weighted by atomic mass is 32.1. The highest BCUT2D eigenvalue weighted by Crippen LogP contribution is 2.31. The highest BCUT2D eigenvalue weighted by molar-refractivity contribution is 7.80. The molecule has 0 atom stereocenters. The molecule has 2 heterocycles. The summed E-state index contributed by atoms with van der Waals surface area (Å²) in [6, 6.07) is 12.8. The number of carboxylic acid groups (broad SMARTS) is 1. The van der Waals surface area contributed by atoms with Crippen LogP contribution in [0.2, 0.25) is 0 Å². The zero-order valence-electron chi connectivity index (χ0n) is 18.9. The van der Waals surface area contributed by atoms with Crippen molar-refractivity contribution in [1.82, 2.24) is 14.9 Å². The van der Waals surface area contributed by atoms with Gasteiger partial charge in [-0.15, -0.1) is 24.0 Å². The summed E-state index contributed by atoms with van der Waals surface area (Å²) in [6.45, 7) is 4.45. The topological polar surface area (TPSA) is 75.5 Å². The van der Waals surface area contributed by atoms with Gasteiger partial charge in [0.25, 0.3) is 0 Å². The molecule has 0 amide bonds. The molecular formula is C26H21F2N3O3S2. The monoisotopic (exact) mass is 525 g/mol. The molecule has 0 fully saturated rings. The SMILES string of the molecule is C=C(c1csc(COc2ccc(-c3cc(F)c(F)cc3S)cc2)c1)N(CC(=O)O)Cc1ccncn1. The predicted molar refractivity (Wildman–Crippen MR) is 137 cm³/mol. The van der Waals surface area contributed by atoms with Crippen molar-refractivity contribution in [2.24, 2.45) is 0 Å². The molecule has 2 aromatic carbocycles. The maximum atomic E-state index is 13.6. The zero-order chi connectivity index (χ0) is 25.7. The number of carbonyl (C=O) groups is 1. The number of halogens is 2. The van der Waals surface area contributed by atoms with E-state index in [9.17, 15) is 18.7 Å². The van der Waals surface area contributed by atoms with Crippen LogP contribution in [0.1, 0.15) is 16.1 Å². The fraction of sp³-hybridized carbons (Fsp3) is 0.115. The van der Waals surface area contributed by atoms with Crippen LogP contribution in [0.15, 0.2) is 77.9 Å². The number of hydrogen-bond acceptors (Lipinski definition) is 7.